The molecule has 104 valence electrons. The van der Waals surface area contributed by atoms with Crippen molar-refractivity contribution in [2.24, 2.45) is 0 Å². The maximum Gasteiger partial charge on any atom is 0.341 e. The van der Waals surface area contributed by atoms with Crippen LogP contribution in [0.4, 0.5) is 0 Å². The van der Waals surface area contributed by atoms with E-state index in [0.29, 0.717) is 23.7 Å². The van der Waals surface area contributed by atoms with E-state index in [4.69, 9.17) is 16.3 Å². The van der Waals surface area contributed by atoms with Gasteiger partial charge in [0.05, 0.1) is 18.2 Å². The third-order valence-electron chi connectivity index (χ3n) is 2.77. The summed E-state index contributed by atoms with van der Waals surface area (Å²) < 4.78 is 4.95. The monoisotopic (exact) mass is 291 g/mol. The Morgan fingerprint density at radius 2 is 2.20 bits per heavy atom. The summed E-state index contributed by atoms with van der Waals surface area (Å²) in [5.74, 6) is 0.153. The summed E-state index contributed by atoms with van der Waals surface area (Å²) in [6, 6.07) is 1.87. The normalized spacial score (nSPS) is 10.3. The molecule has 0 unspecified atom stereocenters. The van der Waals surface area contributed by atoms with Crippen molar-refractivity contribution >= 4 is 17.6 Å². The average molecular weight is 292 g/mol. The lowest BCUT2D eigenvalue weighted by Crippen LogP contribution is -2.10. The van der Waals surface area contributed by atoms with Crippen LogP contribution in [-0.2, 0) is 10.6 Å². The quantitative estimate of drug-likeness (QED) is 0.640. The molecule has 0 aliphatic carbocycles. The Hall–Kier alpha value is -2.01. The van der Waals surface area contributed by atoms with Crippen LogP contribution in [0.1, 0.15) is 28.5 Å². The molecule has 0 N–H and O–H groups in total. The number of ether oxygens (including phenoxy) is 1. The molecular weight excluding hydrogens is 278 g/mol. The van der Waals surface area contributed by atoms with Crippen LogP contribution >= 0.6 is 11.6 Å². The van der Waals surface area contributed by atoms with Crippen molar-refractivity contribution in [2.45, 2.75) is 19.7 Å². The Balaban J connectivity index is 2.45. The summed E-state index contributed by atoms with van der Waals surface area (Å²) >= 11 is 5.86. The highest BCUT2D eigenvalue weighted by atomic mass is 35.5. The van der Waals surface area contributed by atoms with Crippen LogP contribution in [0.2, 0.25) is 0 Å². The largest absolute Gasteiger partial charge is 0.462 e. The van der Waals surface area contributed by atoms with Gasteiger partial charge in [-0.25, -0.2) is 14.8 Å². The molecule has 2 rings (SSSR count). The zero-order valence-electron chi connectivity index (χ0n) is 11.3. The van der Waals surface area contributed by atoms with Gasteiger partial charge in [-0.05, 0) is 25.5 Å². The first kappa shape index (κ1) is 14.4. The molecule has 0 amide bonds. The standard InChI is InChI=1S/C14H14ClN3O2/c1-3-20-14(19)11-8-17-13(18-12(11)6-15)10-7-16-5-4-9(10)2/h4-5,7-8H,3,6H2,1-2H3. The van der Waals surface area contributed by atoms with Gasteiger partial charge in [0, 0.05) is 24.2 Å². The van der Waals surface area contributed by atoms with Crippen molar-refractivity contribution in [3.63, 3.8) is 0 Å². The van der Waals surface area contributed by atoms with Crippen LogP contribution in [0.15, 0.2) is 24.7 Å². The van der Waals surface area contributed by atoms with E-state index in [2.05, 4.69) is 15.0 Å². The SMILES string of the molecule is CCOC(=O)c1cnc(-c2cnccc2C)nc1CCl. The molecule has 6 heteroatoms. The Labute approximate surface area is 122 Å². The molecular formula is C14H14ClN3O2. The Kier molecular flexibility index (Phi) is 4.63. The van der Waals surface area contributed by atoms with Crippen molar-refractivity contribution in [3.8, 4) is 11.4 Å². The van der Waals surface area contributed by atoms with Crippen LogP contribution in [0.5, 0.6) is 0 Å². The number of nitrogens with zero attached hydrogens (tertiary/aromatic N) is 3. The number of aryl methyl sites for hydroxylation is 1. The first-order chi connectivity index (χ1) is 9.67. The van der Waals surface area contributed by atoms with Crippen LogP contribution in [0.3, 0.4) is 0 Å². The molecule has 2 aromatic rings. The van der Waals surface area contributed by atoms with Crippen molar-refractivity contribution in [2.75, 3.05) is 6.61 Å². The number of halogens is 1. The molecule has 0 saturated carbocycles. The molecule has 0 fully saturated rings. The summed E-state index contributed by atoms with van der Waals surface area (Å²) in [4.78, 5) is 24.4. The Morgan fingerprint density at radius 1 is 1.40 bits per heavy atom. The van der Waals surface area contributed by atoms with Gasteiger partial charge in [0.25, 0.3) is 0 Å². The van der Waals surface area contributed by atoms with E-state index < -0.39 is 5.97 Å². The molecule has 0 radical (unpaired) electrons. The summed E-state index contributed by atoms with van der Waals surface area (Å²) in [7, 11) is 0. The molecule has 20 heavy (non-hydrogen) atoms. The number of rotatable bonds is 4. The Bertz CT molecular complexity index is 632. The molecule has 0 atom stereocenters. The second kappa shape index (κ2) is 6.43. The fourth-order valence-electron chi connectivity index (χ4n) is 1.73. The number of pyridine rings is 1. The van der Waals surface area contributed by atoms with E-state index in [9.17, 15) is 4.79 Å². The van der Waals surface area contributed by atoms with Gasteiger partial charge in [0.15, 0.2) is 5.82 Å². The van der Waals surface area contributed by atoms with Gasteiger partial charge in [-0.1, -0.05) is 0 Å². The van der Waals surface area contributed by atoms with Crippen molar-refractivity contribution in [3.05, 3.63) is 41.5 Å². The number of esters is 1. The number of carbonyl (C=O) groups excluding carboxylic acids is 1. The lowest BCUT2D eigenvalue weighted by atomic mass is 10.1. The fraction of sp³-hybridized carbons (Fsp3) is 0.286. The summed E-state index contributed by atoms with van der Waals surface area (Å²) in [5.41, 5.74) is 2.57. The van der Waals surface area contributed by atoms with Gasteiger partial charge in [-0.3, -0.25) is 4.98 Å². The number of hydrogen-bond acceptors (Lipinski definition) is 5. The number of aromatic nitrogens is 3. The smallest absolute Gasteiger partial charge is 0.341 e. The zero-order valence-corrected chi connectivity index (χ0v) is 12.0. The molecule has 0 aromatic carbocycles. The lowest BCUT2D eigenvalue weighted by molar-refractivity contribution is 0.0524. The minimum Gasteiger partial charge on any atom is -0.462 e. The minimum absolute atomic E-state index is 0.114. The van der Waals surface area contributed by atoms with E-state index in [0.717, 1.165) is 11.1 Å². The maximum atomic E-state index is 11.8. The topological polar surface area (TPSA) is 65.0 Å². The number of carbonyl (C=O) groups is 1. The lowest BCUT2D eigenvalue weighted by Gasteiger charge is -2.08. The second-order valence-electron chi connectivity index (χ2n) is 4.10. The maximum absolute atomic E-state index is 11.8. The van der Waals surface area contributed by atoms with E-state index in [-0.39, 0.29) is 5.88 Å². The summed E-state index contributed by atoms with van der Waals surface area (Å²) in [6.07, 6.45) is 4.84. The second-order valence-corrected chi connectivity index (χ2v) is 4.37. The van der Waals surface area contributed by atoms with Crippen LogP contribution < -0.4 is 0 Å². The predicted octanol–water partition coefficient (Wildman–Crippen LogP) is 2.76. The van der Waals surface area contributed by atoms with Gasteiger partial charge in [-0.15, -0.1) is 11.6 Å². The molecule has 2 aromatic heterocycles. The first-order valence-corrected chi connectivity index (χ1v) is 6.70. The number of alkyl halides is 1. The van der Waals surface area contributed by atoms with Crippen molar-refractivity contribution in [1.29, 1.82) is 0 Å². The van der Waals surface area contributed by atoms with Crippen molar-refractivity contribution < 1.29 is 9.53 Å². The highest BCUT2D eigenvalue weighted by Gasteiger charge is 2.16. The molecule has 0 saturated heterocycles. The summed E-state index contributed by atoms with van der Waals surface area (Å²) in [6.45, 7) is 3.98. The highest BCUT2D eigenvalue weighted by Crippen LogP contribution is 2.20. The van der Waals surface area contributed by atoms with Gasteiger partial charge in [0.2, 0.25) is 0 Å². The highest BCUT2D eigenvalue weighted by molar-refractivity contribution is 6.17. The van der Waals surface area contributed by atoms with E-state index in [1.807, 2.05) is 13.0 Å². The van der Waals surface area contributed by atoms with Gasteiger partial charge in [-0.2, -0.15) is 0 Å². The van der Waals surface area contributed by atoms with Crippen LogP contribution in [-0.4, -0.2) is 27.5 Å². The minimum atomic E-state index is -0.461. The fourth-order valence-corrected chi connectivity index (χ4v) is 1.93. The van der Waals surface area contributed by atoms with E-state index in [1.165, 1.54) is 6.20 Å². The van der Waals surface area contributed by atoms with Crippen LogP contribution in [0.25, 0.3) is 11.4 Å². The predicted molar refractivity (Wildman–Crippen MR) is 75.5 cm³/mol. The third-order valence-corrected chi connectivity index (χ3v) is 3.02. The van der Waals surface area contributed by atoms with Gasteiger partial charge >= 0.3 is 5.97 Å². The molecule has 0 aliphatic heterocycles. The Morgan fingerprint density at radius 3 is 2.85 bits per heavy atom. The van der Waals surface area contributed by atoms with Crippen molar-refractivity contribution in [1.82, 2.24) is 15.0 Å². The van der Waals surface area contributed by atoms with E-state index >= 15 is 0 Å². The molecule has 0 spiro atoms. The zero-order chi connectivity index (χ0) is 14.5. The molecule has 0 aliphatic rings. The molecule has 5 nitrogen and oxygen atoms in total. The first-order valence-electron chi connectivity index (χ1n) is 6.17. The molecule has 2 heterocycles. The third kappa shape index (κ3) is 2.93. The summed E-state index contributed by atoms with van der Waals surface area (Å²) in [5, 5.41) is 0. The van der Waals surface area contributed by atoms with Gasteiger partial charge < -0.3 is 4.74 Å². The van der Waals surface area contributed by atoms with Crippen LogP contribution in [0, 0.1) is 6.92 Å². The number of hydrogen-bond donors (Lipinski definition) is 0. The van der Waals surface area contributed by atoms with Gasteiger partial charge in [0.1, 0.15) is 5.56 Å². The molecule has 0 bridgehead atoms. The average Bonchev–Trinajstić information content (AvgIpc) is 2.47. The van der Waals surface area contributed by atoms with E-state index in [1.54, 1.807) is 19.3 Å².